The summed E-state index contributed by atoms with van der Waals surface area (Å²) < 4.78 is 33.5. The summed E-state index contributed by atoms with van der Waals surface area (Å²) in [6, 6.07) is 18.5. The molecule has 0 fully saturated rings. The van der Waals surface area contributed by atoms with E-state index in [4.69, 9.17) is 4.42 Å². The Hall–Kier alpha value is -2.84. The zero-order valence-electron chi connectivity index (χ0n) is 14.1. The van der Waals surface area contributed by atoms with Gasteiger partial charge in [-0.2, -0.15) is 8.42 Å². The zero-order valence-corrected chi connectivity index (χ0v) is 15.7. The molecule has 0 radical (unpaired) electrons. The first-order valence-electron chi connectivity index (χ1n) is 8.10. The van der Waals surface area contributed by atoms with E-state index in [-0.39, 0.29) is 5.09 Å². The number of furan rings is 1. The first kappa shape index (κ1) is 17.6. The number of para-hydroxylation sites is 1. The molecule has 0 aliphatic heterocycles. The highest BCUT2D eigenvalue weighted by Gasteiger charge is 2.21. The van der Waals surface area contributed by atoms with Gasteiger partial charge in [0.05, 0.1) is 11.9 Å². The number of nitrogens with one attached hydrogen (secondary N) is 1. The van der Waals surface area contributed by atoms with E-state index in [9.17, 15) is 8.42 Å². The Morgan fingerprint density at radius 3 is 2.63 bits per heavy atom. The Morgan fingerprint density at radius 1 is 1.04 bits per heavy atom. The van der Waals surface area contributed by atoms with Crippen LogP contribution in [-0.2, 0) is 15.8 Å². The third-order valence-electron chi connectivity index (χ3n) is 3.81. The molecule has 2 aromatic heterocycles. The molecule has 0 atom stereocenters. The molecule has 4 rings (SSSR count). The van der Waals surface area contributed by atoms with Gasteiger partial charge in [0.2, 0.25) is 5.09 Å². The third kappa shape index (κ3) is 3.96. The molecule has 136 valence electrons. The Labute approximate surface area is 160 Å². The van der Waals surface area contributed by atoms with Gasteiger partial charge in [-0.3, -0.25) is 4.72 Å². The molecule has 27 heavy (non-hydrogen) atoms. The molecule has 0 spiro atoms. The summed E-state index contributed by atoms with van der Waals surface area (Å²) in [7, 11) is -3.89. The van der Waals surface area contributed by atoms with Gasteiger partial charge in [-0.1, -0.05) is 60.3 Å². The molecule has 2 aromatic carbocycles. The highest BCUT2D eigenvalue weighted by molar-refractivity contribution is 7.98. The number of hydrogen-bond donors (Lipinski definition) is 1. The average Bonchev–Trinajstić information content (AvgIpc) is 3.13. The van der Waals surface area contributed by atoms with Gasteiger partial charge in [0.15, 0.2) is 0 Å². The number of hydrogen-bond acceptors (Lipinski definition) is 6. The number of rotatable bonds is 6. The lowest BCUT2D eigenvalue weighted by atomic mass is 10.2. The van der Waals surface area contributed by atoms with E-state index < -0.39 is 10.0 Å². The van der Waals surface area contributed by atoms with Crippen LogP contribution in [0.5, 0.6) is 0 Å². The molecule has 0 bridgehead atoms. The summed E-state index contributed by atoms with van der Waals surface area (Å²) in [5.41, 5.74) is 1.95. The predicted octanol–water partition coefficient (Wildman–Crippen LogP) is 4.32. The zero-order chi connectivity index (χ0) is 18.7. The number of nitrogens with zero attached hydrogens (tertiary/aromatic N) is 2. The largest absolute Gasteiger partial charge is 0.443 e. The van der Waals surface area contributed by atoms with Gasteiger partial charge in [0.25, 0.3) is 10.0 Å². The van der Waals surface area contributed by atoms with Gasteiger partial charge in [0, 0.05) is 17.2 Å². The molecule has 2 heterocycles. The maximum atomic E-state index is 12.7. The predicted molar refractivity (Wildman–Crippen MR) is 105 cm³/mol. The van der Waals surface area contributed by atoms with Crippen LogP contribution in [0.15, 0.2) is 87.7 Å². The molecule has 1 N–H and O–H groups in total. The number of sulfonamides is 1. The fraction of sp³-hybridized carbons (Fsp3) is 0.0526. The smallest absolute Gasteiger partial charge is 0.295 e. The molecule has 4 aromatic rings. The minimum atomic E-state index is -3.89. The summed E-state index contributed by atoms with van der Waals surface area (Å²) in [5.74, 6) is 0.664. The maximum absolute atomic E-state index is 12.7. The lowest BCUT2D eigenvalue weighted by Crippen LogP contribution is -2.13. The molecule has 8 heteroatoms. The fourth-order valence-electron chi connectivity index (χ4n) is 2.51. The summed E-state index contributed by atoms with van der Waals surface area (Å²) in [5, 5.41) is 1.13. The van der Waals surface area contributed by atoms with Crippen molar-refractivity contribution < 1.29 is 12.8 Å². The van der Waals surface area contributed by atoms with E-state index in [1.54, 1.807) is 18.2 Å². The van der Waals surface area contributed by atoms with Crippen molar-refractivity contribution in [2.75, 3.05) is 4.72 Å². The van der Waals surface area contributed by atoms with Crippen LogP contribution in [0.2, 0.25) is 0 Å². The second kappa shape index (κ2) is 7.42. The van der Waals surface area contributed by atoms with Crippen LogP contribution in [0, 0.1) is 0 Å². The molecule has 6 nitrogen and oxygen atoms in total. The lowest BCUT2D eigenvalue weighted by molar-refractivity contribution is 0.484. The Morgan fingerprint density at radius 2 is 1.81 bits per heavy atom. The average molecular weight is 397 g/mol. The first-order chi connectivity index (χ1) is 13.1. The summed E-state index contributed by atoms with van der Waals surface area (Å²) in [4.78, 5) is 8.15. The minimum Gasteiger partial charge on any atom is -0.443 e. The van der Waals surface area contributed by atoms with Crippen LogP contribution in [0.1, 0.15) is 5.56 Å². The van der Waals surface area contributed by atoms with Crippen LogP contribution in [0.25, 0.3) is 11.0 Å². The quantitative estimate of drug-likeness (QED) is 0.385. The second-order valence-corrected chi connectivity index (χ2v) is 8.30. The monoisotopic (exact) mass is 397 g/mol. The molecular formula is C19H15N3O3S2. The van der Waals surface area contributed by atoms with E-state index in [0.717, 1.165) is 10.9 Å². The van der Waals surface area contributed by atoms with Crippen LogP contribution >= 0.6 is 11.8 Å². The van der Waals surface area contributed by atoms with E-state index in [1.165, 1.54) is 30.4 Å². The minimum absolute atomic E-state index is 0.147. The highest BCUT2D eigenvalue weighted by Crippen LogP contribution is 2.30. The van der Waals surface area contributed by atoms with Crippen molar-refractivity contribution in [3.8, 4) is 0 Å². The third-order valence-corrected chi connectivity index (χ3v) is 6.10. The molecule has 0 aliphatic carbocycles. The Kier molecular flexibility index (Phi) is 4.83. The van der Waals surface area contributed by atoms with E-state index in [2.05, 4.69) is 14.7 Å². The van der Waals surface area contributed by atoms with E-state index in [0.29, 0.717) is 22.0 Å². The molecule has 0 aliphatic rings. The number of anilines is 1. The Bertz CT molecular complexity index is 1140. The normalized spacial score (nSPS) is 11.6. The number of aromatic nitrogens is 2. The van der Waals surface area contributed by atoms with Gasteiger partial charge in [0.1, 0.15) is 16.9 Å². The van der Waals surface area contributed by atoms with Crippen molar-refractivity contribution >= 4 is 38.4 Å². The molecule has 0 saturated heterocycles. The lowest BCUT2D eigenvalue weighted by Gasteiger charge is -2.09. The number of thioether (sulfide) groups is 1. The fourth-order valence-corrected chi connectivity index (χ4v) is 4.48. The highest BCUT2D eigenvalue weighted by atomic mass is 32.2. The second-order valence-electron chi connectivity index (χ2n) is 5.72. The summed E-state index contributed by atoms with van der Waals surface area (Å²) in [6.07, 6.45) is 2.84. The first-order valence-corrected chi connectivity index (χ1v) is 10.6. The Balaban J connectivity index is 1.58. The molecule has 0 unspecified atom stereocenters. The standard InChI is InChI=1S/C19H15N3O3S2/c23-27(24,18-10-15-8-4-5-9-17(15)25-18)22-16-11-20-13-21-19(16)26-12-14-6-2-1-3-7-14/h1-11,13,22H,12H2. The van der Waals surface area contributed by atoms with E-state index >= 15 is 0 Å². The topological polar surface area (TPSA) is 85.1 Å². The maximum Gasteiger partial charge on any atom is 0.295 e. The van der Waals surface area contributed by atoms with Crippen LogP contribution in [0.4, 0.5) is 5.69 Å². The van der Waals surface area contributed by atoms with Crippen molar-refractivity contribution in [2.45, 2.75) is 15.9 Å². The summed E-state index contributed by atoms with van der Waals surface area (Å²) in [6.45, 7) is 0. The van der Waals surface area contributed by atoms with Gasteiger partial charge < -0.3 is 4.42 Å². The molecule has 0 saturated carbocycles. The van der Waals surface area contributed by atoms with Crippen molar-refractivity contribution in [3.63, 3.8) is 0 Å². The SMILES string of the molecule is O=S(=O)(Nc1cncnc1SCc1ccccc1)c1cc2ccccc2o1. The van der Waals surface area contributed by atoms with Crippen molar-refractivity contribution in [3.05, 3.63) is 78.8 Å². The number of benzene rings is 2. The molecule has 0 amide bonds. The number of fused-ring (bicyclic) bond motifs is 1. The van der Waals surface area contributed by atoms with Crippen LogP contribution in [0.3, 0.4) is 0 Å². The van der Waals surface area contributed by atoms with Gasteiger partial charge in [-0.25, -0.2) is 9.97 Å². The van der Waals surface area contributed by atoms with Crippen molar-refractivity contribution in [2.24, 2.45) is 0 Å². The molecular weight excluding hydrogens is 382 g/mol. The van der Waals surface area contributed by atoms with Crippen molar-refractivity contribution in [1.82, 2.24) is 9.97 Å². The van der Waals surface area contributed by atoms with Crippen LogP contribution < -0.4 is 4.72 Å². The van der Waals surface area contributed by atoms with Gasteiger partial charge in [-0.05, 0) is 11.6 Å². The van der Waals surface area contributed by atoms with E-state index in [1.807, 2.05) is 36.4 Å². The van der Waals surface area contributed by atoms with Crippen LogP contribution in [-0.4, -0.2) is 18.4 Å². The van der Waals surface area contributed by atoms with Crippen molar-refractivity contribution in [1.29, 1.82) is 0 Å². The van der Waals surface area contributed by atoms with Gasteiger partial charge in [-0.15, -0.1) is 0 Å². The summed E-state index contributed by atoms with van der Waals surface area (Å²) >= 11 is 1.43. The van der Waals surface area contributed by atoms with Gasteiger partial charge >= 0.3 is 0 Å².